The maximum Gasteiger partial charge on any atom is 0.223 e. The van der Waals surface area contributed by atoms with E-state index in [-0.39, 0.29) is 0 Å². The molecule has 0 fully saturated rings. The molecule has 1 aliphatic rings. The lowest BCUT2D eigenvalue weighted by Crippen LogP contribution is -2.01. The van der Waals surface area contributed by atoms with Gasteiger partial charge in [0.1, 0.15) is 17.2 Å². The van der Waals surface area contributed by atoms with Crippen LogP contribution in [-0.4, -0.2) is 9.97 Å². The lowest BCUT2D eigenvalue weighted by molar-refractivity contribution is 0.370. The summed E-state index contributed by atoms with van der Waals surface area (Å²) in [6, 6.07) is 1.62. The van der Waals surface area contributed by atoms with E-state index in [1.807, 2.05) is 0 Å². The molecule has 0 saturated carbocycles. The molecule has 4 heteroatoms. The molecule has 2 rings (SSSR count). The maximum atomic E-state index is 5.71. The SMILES string of the molecule is Clc1cc(OC2=CCCCC2)ncn1. The summed E-state index contributed by atoms with van der Waals surface area (Å²) in [4.78, 5) is 7.76. The fraction of sp³-hybridized carbons (Fsp3) is 0.400. The van der Waals surface area contributed by atoms with Crippen LogP contribution in [0.1, 0.15) is 25.7 Å². The Labute approximate surface area is 87.8 Å². The van der Waals surface area contributed by atoms with Gasteiger partial charge >= 0.3 is 0 Å². The van der Waals surface area contributed by atoms with E-state index in [9.17, 15) is 0 Å². The van der Waals surface area contributed by atoms with Gasteiger partial charge in [0.15, 0.2) is 0 Å². The van der Waals surface area contributed by atoms with Gasteiger partial charge in [-0.1, -0.05) is 11.6 Å². The van der Waals surface area contributed by atoms with Crippen molar-refractivity contribution in [2.75, 3.05) is 0 Å². The van der Waals surface area contributed by atoms with Crippen LogP contribution in [0.2, 0.25) is 5.15 Å². The largest absolute Gasteiger partial charge is 0.444 e. The van der Waals surface area contributed by atoms with Gasteiger partial charge in [-0.3, -0.25) is 0 Å². The van der Waals surface area contributed by atoms with Crippen molar-refractivity contribution in [3.05, 3.63) is 29.4 Å². The number of halogens is 1. The molecular weight excluding hydrogens is 200 g/mol. The molecule has 1 aromatic heterocycles. The summed E-state index contributed by atoms with van der Waals surface area (Å²) < 4.78 is 5.56. The minimum absolute atomic E-state index is 0.409. The molecule has 0 aromatic carbocycles. The zero-order valence-corrected chi connectivity index (χ0v) is 8.50. The van der Waals surface area contributed by atoms with Crippen LogP contribution in [0, 0.1) is 0 Å². The first-order chi connectivity index (χ1) is 6.84. The number of nitrogens with zero attached hydrogens (tertiary/aromatic N) is 2. The van der Waals surface area contributed by atoms with E-state index in [0.29, 0.717) is 11.0 Å². The number of aromatic nitrogens is 2. The monoisotopic (exact) mass is 210 g/mol. The van der Waals surface area contributed by atoms with Gasteiger partial charge in [0, 0.05) is 12.5 Å². The van der Waals surface area contributed by atoms with Gasteiger partial charge in [0.2, 0.25) is 5.88 Å². The molecule has 0 bridgehead atoms. The first-order valence-electron chi connectivity index (χ1n) is 4.69. The Balaban J connectivity index is 2.06. The van der Waals surface area contributed by atoms with Crippen molar-refractivity contribution >= 4 is 11.6 Å². The Morgan fingerprint density at radius 3 is 2.93 bits per heavy atom. The molecule has 1 heterocycles. The maximum absolute atomic E-state index is 5.71. The fourth-order valence-electron chi connectivity index (χ4n) is 1.41. The summed E-state index contributed by atoms with van der Waals surface area (Å²) in [5, 5.41) is 0.409. The second-order valence-electron chi connectivity index (χ2n) is 3.20. The number of hydrogen-bond acceptors (Lipinski definition) is 3. The van der Waals surface area contributed by atoms with E-state index in [2.05, 4.69) is 16.0 Å². The van der Waals surface area contributed by atoms with Crippen LogP contribution in [0.25, 0.3) is 0 Å². The van der Waals surface area contributed by atoms with E-state index in [1.54, 1.807) is 6.07 Å². The molecule has 0 aliphatic heterocycles. The van der Waals surface area contributed by atoms with Gasteiger partial charge in [-0.25, -0.2) is 9.97 Å². The van der Waals surface area contributed by atoms with E-state index in [1.165, 1.54) is 19.2 Å². The molecule has 14 heavy (non-hydrogen) atoms. The van der Waals surface area contributed by atoms with Crippen LogP contribution in [0.15, 0.2) is 24.2 Å². The number of rotatable bonds is 2. The number of hydrogen-bond donors (Lipinski definition) is 0. The van der Waals surface area contributed by atoms with Crippen molar-refractivity contribution in [1.29, 1.82) is 0 Å². The summed E-state index contributed by atoms with van der Waals surface area (Å²) in [6.07, 6.45) is 8.03. The highest BCUT2D eigenvalue weighted by atomic mass is 35.5. The molecule has 1 aliphatic carbocycles. The number of allylic oxidation sites excluding steroid dienone is 2. The van der Waals surface area contributed by atoms with Crippen molar-refractivity contribution in [3.8, 4) is 5.88 Å². The first-order valence-corrected chi connectivity index (χ1v) is 5.07. The van der Waals surface area contributed by atoms with Crippen LogP contribution in [0.5, 0.6) is 5.88 Å². The third-order valence-electron chi connectivity index (χ3n) is 2.09. The zero-order chi connectivity index (χ0) is 9.80. The Hall–Kier alpha value is -1.09. The molecule has 0 spiro atoms. The summed E-state index contributed by atoms with van der Waals surface area (Å²) >= 11 is 5.71. The minimum atomic E-state index is 0.409. The topological polar surface area (TPSA) is 35.0 Å². The normalized spacial score (nSPS) is 16.2. The lowest BCUT2D eigenvalue weighted by atomic mass is 10.1. The second-order valence-corrected chi connectivity index (χ2v) is 3.58. The molecule has 74 valence electrons. The minimum Gasteiger partial charge on any atom is -0.444 e. The van der Waals surface area contributed by atoms with Gasteiger partial charge in [0.25, 0.3) is 0 Å². The molecule has 1 aromatic rings. The third-order valence-corrected chi connectivity index (χ3v) is 2.30. The predicted octanol–water partition coefficient (Wildman–Crippen LogP) is 2.97. The Morgan fingerprint density at radius 1 is 1.29 bits per heavy atom. The van der Waals surface area contributed by atoms with Crippen LogP contribution >= 0.6 is 11.6 Å². The van der Waals surface area contributed by atoms with E-state index >= 15 is 0 Å². The number of ether oxygens (including phenoxy) is 1. The van der Waals surface area contributed by atoms with Crippen LogP contribution in [0.3, 0.4) is 0 Å². The highest BCUT2D eigenvalue weighted by Crippen LogP contribution is 2.21. The van der Waals surface area contributed by atoms with Crippen molar-refractivity contribution in [2.45, 2.75) is 25.7 Å². The second kappa shape index (κ2) is 4.42. The highest BCUT2D eigenvalue weighted by Gasteiger charge is 2.06. The molecule has 0 saturated heterocycles. The fourth-order valence-corrected chi connectivity index (χ4v) is 1.55. The van der Waals surface area contributed by atoms with Gasteiger partial charge in [0.05, 0.1) is 0 Å². The standard InChI is InChI=1S/C10H11ClN2O/c11-9-6-10(13-7-12-9)14-8-4-2-1-3-5-8/h4,6-7H,1-3,5H2. The summed E-state index contributed by atoms with van der Waals surface area (Å²) in [7, 11) is 0. The molecule has 0 amide bonds. The van der Waals surface area contributed by atoms with Crippen molar-refractivity contribution in [1.82, 2.24) is 9.97 Å². The Kier molecular flexibility index (Phi) is 2.99. The van der Waals surface area contributed by atoms with Crippen LogP contribution in [0.4, 0.5) is 0 Å². The summed E-state index contributed by atoms with van der Waals surface area (Å²) in [5.74, 6) is 1.52. The van der Waals surface area contributed by atoms with Gasteiger partial charge < -0.3 is 4.74 Å². The van der Waals surface area contributed by atoms with E-state index in [4.69, 9.17) is 16.3 Å². The van der Waals surface area contributed by atoms with Crippen LogP contribution < -0.4 is 4.74 Å². The van der Waals surface area contributed by atoms with Gasteiger partial charge in [-0.2, -0.15) is 0 Å². The predicted molar refractivity (Wildman–Crippen MR) is 54.2 cm³/mol. The van der Waals surface area contributed by atoms with Crippen molar-refractivity contribution < 1.29 is 4.74 Å². The summed E-state index contributed by atoms with van der Waals surface area (Å²) in [6.45, 7) is 0. The van der Waals surface area contributed by atoms with Crippen molar-refractivity contribution in [2.24, 2.45) is 0 Å². The summed E-state index contributed by atoms with van der Waals surface area (Å²) in [5.41, 5.74) is 0. The molecular formula is C10H11ClN2O. The smallest absolute Gasteiger partial charge is 0.223 e. The molecule has 0 N–H and O–H groups in total. The average molecular weight is 211 g/mol. The average Bonchev–Trinajstić information content (AvgIpc) is 2.19. The Bertz CT molecular complexity index is 352. The quantitative estimate of drug-likeness (QED) is 0.704. The molecule has 0 atom stereocenters. The molecule has 0 unspecified atom stereocenters. The van der Waals surface area contributed by atoms with Crippen molar-refractivity contribution in [3.63, 3.8) is 0 Å². The van der Waals surface area contributed by atoms with E-state index in [0.717, 1.165) is 18.6 Å². The lowest BCUT2D eigenvalue weighted by Gasteiger charge is -2.12. The molecule has 3 nitrogen and oxygen atoms in total. The van der Waals surface area contributed by atoms with Gasteiger partial charge in [-0.15, -0.1) is 0 Å². The van der Waals surface area contributed by atoms with E-state index < -0.39 is 0 Å². The molecule has 0 radical (unpaired) electrons. The highest BCUT2D eigenvalue weighted by molar-refractivity contribution is 6.29. The third kappa shape index (κ3) is 2.45. The van der Waals surface area contributed by atoms with Crippen LogP contribution in [-0.2, 0) is 0 Å². The van der Waals surface area contributed by atoms with Gasteiger partial charge in [-0.05, 0) is 25.3 Å². The first kappa shape index (κ1) is 9.46. The Morgan fingerprint density at radius 2 is 2.21 bits per heavy atom. The zero-order valence-electron chi connectivity index (χ0n) is 7.74.